The number of nitrogens with two attached hydrogens (primary N) is 1. The first kappa shape index (κ1) is 13.6. The van der Waals surface area contributed by atoms with Gasteiger partial charge in [-0.15, -0.1) is 0 Å². The zero-order chi connectivity index (χ0) is 13.2. The first-order valence-corrected chi connectivity index (χ1v) is 6.62. The topological polar surface area (TPSA) is 95.7 Å². The Kier molecular flexibility index (Phi) is 3.84. The predicted molar refractivity (Wildman–Crippen MR) is 61.8 cm³/mol. The molecule has 8 heteroatoms. The van der Waals surface area contributed by atoms with Crippen molar-refractivity contribution in [2.24, 2.45) is 0 Å². The monoisotopic (exact) mass is 279 g/mol. The normalized spacial score (nSPS) is 11.0. The molecule has 1 rings (SSSR count). The van der Waals surface area contributed by atoms with Crippen LogP contribution < -0.4 is 10.5 Å². The zero-order valence-electron chi connectivity index (χ0n) is 9.06. The molecule has 0 amide bonds. The van der Waals surface area contributed by atoms with E-state index < -0.39 is 15.0 Å². The van der Waals surface area contributed by atoms with Gasteiger partial charge in [-0.3, -0.25) is 0 Å². The summed E-state index contributed by atoms with van der Waals surface area (Å²) in [6.07, 6.45) is 0. The second-order valence-electron chi connectivity index (χ2n) is 3.02. The first-order valence-electron chi connectivity index (χ1n) is 4.31. The molecule has 0 aromatic heterocycles. The number of nitrogen functional groups attached to an aromatic ring is 1. The Morgan fingerprint density at radius 3 is 2.35 bits per heavy atom. The maximum absolute atomic E-state index is 11.4. The average Bonchev–Trinajstić information content (AvgIpc) is 2.25. The van der Waals surface area contributed by atoms with Crippen LogP contribution in [-0.4, -0.2) is 28.6 Å². The predicted octanol–water partition coefficient (Wildman–Crippen LogP) is 0.992. The molecule has 0 unspecified atom stereocenters. The molecule has 2 N–H and O–H groups in total. The molecule has 0 aliphatic heterocycles. The lowest BCUT2D eigenvalue weighted by atomic mass is 10.2. The van der Waals surface area contributed by atoms with Gasteiger partial charge >= 0.3 is 5.97 Å². The highest BCUT2D eigenvalue weighted by Gasteiger charge is 2.21. The number of methoxy groups -OCH3 is 2. The summed E-state index contributed by atoms with van der Waals surface area (Å²) in [6, 6.07) is 2.21. The van der Waals surface area contributed by atoms with Gasteiger partial charge in [-0.2, -0.15) is 0 Å². The van der Waals surface area contributed by atoms with Gasteiger partial charge in [0.05, 0.1) is 19.9 Å². The molecule has 1 aromatic carbocycles. The number of rotatable bonds is 3. The van der Waals surface area contributed by atoms with Gasteiger partial charge in [0.2, 0.25) is 0 Å². The van der Waals surface area contributed by atoms with E-state index in [-0.39, 0.29) is 21.9 Å². The number of carbonyl (C=O) groups is 1. The van der Waals surface area contributed by atoms with Crippen LogP contribution in [0.25, 0.3) is 0 Å². The molecule has 0 spiro atoms. The number of halogens is 1. The van der Waals surface area contributed by atoms with Crippen molar-refractivity contribution in [3.63, 3.8) is 0 Å². The van der Waals surface area contributed by atoms with Crippen LogP contribution in [0.4, 0.5) is 5.69 Å². The SMILES string of the molecule is COC(=O)c1cc(S(=O)(=O)Cl)c(N)cc1OC. The number of ether oxygens (including phenoxy) is 2. The molecule has 0 saturated carbocycles. The van der Waals surface area contributed by atoms with E-state index in [1.165, 1.54) is 13.2 Å². The van der Waals surface area contributed by atoms with Gasteiger partial charge in [-0.25, -0.2) is 13.2 Å². The Morgan fingerprint density at radius 2 is 1.94 bits per heavy atom. The largest absolute Gasteiger partial charge is 0.496 e. The zero-order valence-corrected chi connectivity index (χ0v) is 10.6. The highest BCUT2D eigenvalue weighted by Crippen LogP contribution is 2.30. The van der Waals surface area contributed by atoms with E-state index in [4.69, 9.17) is 21.2 Å². The van der Waals surface area contributed by atoms with Crippen LogP contribution in [0.1, 0.15) is 10.4 Å². The summed E-state index contributed by atoms with van der Waals surface area (Å²) in [7, 11) is 3.61. The van der Waals surface area contributed by atoms with Crippen molar-refractivity contribution in [2.45, 2.75) is 4.90 Å². The molecule has 6 nitrogen and oxygen atoms in total. The summed E-state index contributed by atoms with van der Waals surface area (Å²) < 4.78 is 31.8. The van der Waals surface area contributed by atoms with Crippen LogP contribution in [0.15, 0.2) is 17.0 Å². The molecule has 0 aliphatic rings. The highest BCUT2D eigenvalue weighted by atomic mass is 35.7. The second kappa shape index (κ2) is 4.80. The van der Waals surface area contributed by atoms with Crippen LogP contribution in [0, 0.1) is 0 Å². The molecule has 0 bridgehead atoms. The fourth-order valence-electron chi connectivity index (χ4n) is 1.23. The van der Waals surface area contributed by atoms with Crippen molar-refractivity contribution in [1.82, 2.24) is 0 Å². The van der Waals surface area contributed by atoms with Gasteiger partial charge in [-0.05, 0) is 6.07 Å². The highest BCUT2D eigenvalue weighted by molar-refractivity contribution is 8.13. The van der Waals surface area contributed by atoms with E-state index in [0.29, 0.717) is 0 Å². The fraction of sp³-hybridized carbons (Fsp3) is 0.222. The van der Waals surface area contributed by atoms with Crippen molar-refractivity contribution >= 4 is 31.4 Å². The van der Waals surface area contributed by atoms with Crippen LogP contribution in [0.3, 0.4) is 0 Å². The summed E-state index contributed by atoms with van der Waals surface area (Å²) in [5, 5.41) is 0. The summed E-state index contributed by atoms with van der Waals surface area (Å²) in [6.45, 7) is 0. The molecule has 0 aliphatic carbocycles. The van der Waals surface area contributed by atoms with E-state index in [2.05, 4.69) is 4.74 Å². The molecule has 0 atom stereocenters. The van der Waals surface area contributed by atoms with Crippen LogP contribution in [0.2, 0.25) is 0 Å². The first-order chi connectivity index (χ1) is 7.81. The summed E-state index contributed by atoms with van der Waals surface area (Å²) >= 11 is 0. The number of anilines is 1. The summed E-state index contributed by atoms with van der Waals surface area (Å²) in [5.41, 5.74) is 5.32. The van der Waals surface area contributed by atoms with Crippen molar-refractivity contribution in [1.29, 1.82) is 0 Å². The number of benzene rings is 1. The van der Waals surface area contributed by atoms with E-state index in [1.807, 2.05) is 0 Å². The van der Waals surface area contributed by atoms with Crippen molar-refractivity contribution in [3.8, 4) is 5.75 Å². The molecule has 0 radical (unpaired) electrons. The molecule has 0 saturated heterocycles. The molecular weight excluding hydrogens is 270 g/mol. The Labute approximate surface area is 103 Å². The van der Waals surface area contributed by atoms with E-state index in [1.54, 1.807) is 0 Å². The number of hydrogen-bond acceptors (Lipinski definition) is 6. The minimum Gasteiger partial charge on any atom is -0.496 e. The lowest BCUT2D eigenvalue weighted by Crippen LogP contribution is -2.08. The van der Waals surface area contributed by atoms with Gasteiger partial charge in [0.15, 0.2) is 0 Å². The van der Waals surface area contributed by atoms with E-state index in [0.717, 1.165) is 13.2 Å². The van der Waals surface area contributed by atoms with Gasteiger partial charge in [-0.1, -0.05) is 0 Å². The fourth-order valence-corrected chi connectivity index (χ4v) is 2.23. The van der Waals surface area contributed by atoms with Gasteiger partial charge < -0.3 is 15.2 Å². The van der Waals surface area contributed by atoms with Crippen molar-refractivity contribution < 1.29 is 22.7 Å². The van der Waals surface area contributed by atoms with Gasteiger partial charge in [0.25, 0.3) is 9.05 Å². The maximum Gasteiger partial charge on any atom is 0.341 e. The van der Waals surface area contributed by atoms with E-state index in [9.17, 15) is 13.2 Å². The Balaban J connectivity index is 3.54. The number of carbonyl (C=O) groups excluding carboxylic acids is 1. The summed E-state index contributed by atoms with van der Waals surface area (Å²) in [4.78, 5) is 11.0. The third kappa shape index (κ3) is 2.80. The molecular formula is C9H10ClNO5S. The standard InChI is InChI=1S/C9H10ClNO5S/c1-15-7-4-6(11)8(17(10,13)14)3-5(7)9(12)16-2/h3-4H,11H2,1-2H3. The van der Waals surface area contributed by atoms with Crippen LogP contribution >= 0.6 is 10.7 Å². The molecule has 94 valence electrons. The van der Waals surface area contributed by atoms with Crippen molar-refractivity contribution in [2.75, 3.05) is 20.0 Å². The van der Waals surface area contributed by atoms with Crippen LogP contribution in [0.5, 0.6) is 5.75 Å². The molecule has 0 heterocycles. The minimum absolute atomic E-state index is 0.0663. The van der Waals surface area contributed by atoms with Crippen molar-refractivity contribution in [3.05, 3.63) is 17.7 Å². The quantitative estimate of drug-likeness (QED) is 0.504. The van der Waals surface area contributed by atoms with E-state index >= 15 is 0 Å². The Hall–Kier alpha value is -1.47. The molecule has 1 aromatic rings. The third-order valence-corrected chi connectivity index (χ3v) is 3.38. The number of esters is 1. The smallest absolute Gasteiger partial charge is 0.341 e. The Bertz CT molecular complexity index is 555. The minimum atomic E-state index is -4.04. The van der Waals surface area contributed by atoms with Gasteiger partial charge in [0.1, 0.15) is 16.2 Å². The average molecular weight is 280 g/mol. The molecule has 17 heavy (non-hydrogen) atoms. The number of hydrogen-bond donors (Lipinski definition) is 1. The molecule has 0 fully saturated rings. The maximum atomic E-state index is 11.4. The van der Waals surface area contributed by atoms with Gasteiger partial charge in [0, 0.05) is 16.7 Å². The van der Waals surface area contributed by atoms with Crippen LogP contribution in [-0.2, 0) is 13.8 Å². The lowest BCUT2D eigenvalue weighted by molar-refractivity contribution is 0.0597. The second-order valence-corrected chi connectivity index (χ2v) is 5.55. The third-order valence-electron chi connectivity index (χ3n) is 2.00. The lowest BCUT2D eigenvalue weighted by Gasteiger charge is -2.10. The summed E-state index contributed by atoms with van der Waals surface area (Å²) in [5.74, 6) is -0.637. The Morgan fingerprint density at radius 1 is 1.35 bits per heavy atom.